The van der Waals surface area contributed by atoms with Crippen molar-refractivity contribution in [2.24, 2.45) is 0 Å². The van der Waals surface area contributed by atoms with Crippen LogP contribution in [0.25, 0.3) is 5.82 Å². The van der Waals surface area contributed by atoms with Crippen LogP contribution in [-0.4, -0.2) is 52.0 Å². The van der Waals surface area contributed by atoms with Gasteiger partial charge in [-0.25, -0.2) is 9.78 Å². The van der Waals surface area contributed by atoms with Crippen LogP contribution in [0.3, 0.4) is 0 Å². The van der Waals surface area contributed by atoms with Crippen LogP contribution in [0.15, 0.2) is 29.3 Å². The minimum Gasteiger partial charge on any atom is -0.453 e. The summed E-state index contributed by atoms with van der Waals surface area (Å²) >= 11 is 6.05. The largest absolute Gasteiger partial charge is 0.453 e. The SMILES string of the molecule is COC(=O)N1CC(Nc2cnn(-c3ccc(C(F)(F)F)cn3)c(=O)c2Cl)C1. The lowest BCUT2D eigenvalue weighted by Gasteiger charge is -2.38. The number of carbonyl (C=O) groups is 1. The molecule has 0 saturated carbocycles. The van der Waals surface area contributed by atoms with Gasteiger partial charge >= 0.3 is 12.3 Å². The molecule has 27 heavy (non-hydrogen) atoms. The molecule has 0 radical (unpaired) electrons. The van der Waals surface area contributed by atoms with Gasteiger partial charge in [-0.05, 0) is 12.1 Å². The molecule has 1 aliphatic rings. The minimum absolute atomic E-state index is 0.0954. The van der Waals surface area contributed by atoms with Gasteiger partial charge in [0.25, 0.3) is 5.56 Å². The Hall–Kier alpha value is -2.82. The van der Waals surface area contributed by atoms with Crippen LogP contribution < -0.4 is 10.9 Å². The number of amides is 1. The summed E-state index contributed by atoms with van der Waals surface area (Å²) in [5.74, 6) is -0.0954. The molecule has 8 nitrogen and oxygen atoms in total. The summed E-state index contributed by atoms with van der Waals surface area (Å²) in [6.07, 6.45) is -3.11. The Kier molecular flexibility index (Phi) is 4.96. The summed E-state index contributed by atoms with van der Waals surface area (Å²) < 4.78 is 43.2. The maximum Gasteiger partial charge on any atom is 0.417 e. The Morgan fingerprint density at radius 1 is 1.33 bits per heavy atom. The van der Waals surface area contributed by atoms with E-state index >= 15 is 0 Å². The van der Waals surface area contributed by atoms with E-state index in [1.807, 2.05) is 0 Å². The highest BCUT2D eigenvalue weighted by atomic mass is 35.5. The molecule has 3 heterocycles. The van der Waals surface area contributed by atoms with E-state index in [2.05, 4.69) is 20.1 Å². The monoisotopic (exact) mass is 403 g/mol. The Bertz CT molecular complexity index is 910. The van der Waals surface area contributed by atoms with Crippen molar-refractivity contribution in [3.8, 4) is 5.82 Å². The molecule has 0 bridgehead atoms. The predicted molar refractivity (Wildman–Crippen MR) is 89.0 cm³/mol. The second-order valence-corrected chi connectivity index (χ2v) is 6.09. The molecule has 0 aliphatic carbocycles. The zero-order chi connectivity index (χ0) is 19.8. The number of rotatable bonds is 3. The van der Waals surface area contributed by atoms with E-state index in [4.69, 9.17) is 11.6 Å². The maximum atomic E-state index is 12.6. The summed E-state index contributed by atoms with van der Waals surface area (Å²) in [4.78, 5) is 28.7. The number of anilines is 1. The molecule has 0 atom stereocenters. The van der Waals surface area contributed by atoms with Gasteiger partial charge in [0.05, 0.1) is 30.6 Å². The van der Waals surface area contributed by atoms with E-state index in [9.17, 15) is 22.8 Å². The highest BCUT2D eigenvalue weighted by molar-refractivity contribution is 6.33. The molecule has 0 spiro atoms. The zero-order valence-corrected chi connectivity index (χ0v) is 14.6. The van der Waals surface area contributed by atoms with Crippen LogP contribution in [0.5, 0.6) is 0 Å². The van der Waals surface area contributed by atoms with Crippen molar-refractivity contribution >= 4 is 23.4 Å². The first-order valence-corrected chi connectivity index (χ1v) is 7.99. The summed E-state index contributed by atoms with van der Waals surface area (Å²) in [7, 11) is 1.28. The first kappa shape index (κ1) is 19.0. The van der Waals surface area contributed by atoms with Crippen LogP contribution in [-0.2, 0) is 10.9 Å². The fraction of sp³-hybridized carbons (Fsp3) is 0.333. The van der Waals surface area contributed by atoms with Gasteiger partial charge in [-0.3, -0.25) is 4.79 Å². The lowest BCUT2D eigenvalue weighted by atomic mass is 10.1. The second-order valence-electron chi connectivity index (χ2n) is 5.71. The Morgan fingerprint density at radius 3 is 2.59 bits per heavy atom. The Balaban J connectivity index is 1.76. The van der Waals surface area contributed by atoms with Crippen molar-refractivity contribution in [2.45, 2.75) is 12.2 Å². The summed E-state index contributed by atoms with van der Waals surface area (Å²) in [5.41, 5.74) is -1.43. The predicted octanol–water partition coefficient (Wildman–Crippen LogP) is 2.16. The molecule has 1 aliphatic heterocycles. The Labute approximate surface area is 155 Å². The third-order valence-electron chi connectivity index (χ3n) is 3.89. The van der Waals surface area contributed by atoms with E-state index in [1.165, 1.54) is 18.2 Å². The fourth-order valence-electron chi connectivity index (χ4n) is 2.44. The molecule has 2 aromatic rings. The molecule has 0 unspecified atom stereocenters. The number of methoxy groups -OCH3 is 1. The molecule has 12 heteroatoms. The van der Waals surface area contributed by atoms with Crippen LogP contribution in [0.1, 0.15) is 5.56 Å². The number of hydrogen-bond acceptors (Lipinski definition) is 6. The third kappa shape index (κ3) is 3.82. The average molecular weight is 404 g/mol. The fourth-order valence-corrected chi connectivity index (χ4v) is 2.63. The smallest absolute Gasteiger partial charge is 0.417 e. The number of carbonyl (C=O) groups excluding carboxylic acids is 1. The normalized spacial score (nSPS) is 14.6. The molecule has 144 valence electrons. The third-order valence-corrected chi connectivity index (χ3v) is 4.25. The number of halogens is 4. The van der Waals surface area contributed by atoms with Gasteiger partial charge in [0, 0.05) is 19.3 Å². The highest BCUT2D eigenvalue weighted by Crippen LogP contribution is 2.28. The van der Waals surface area contributed by atoms with Crippen LogP contribution in [0, 0.1) is 0 Å². The summed E-state index contributed by atoms with van der Waals surface area (Å²) in [6, 6.07) is 1.69. The summed E-state index contributed by atoms with van der Waals surface area (Å²) in [6.45, 7) is 0.735. The first-order valence-electron chi connectivity index (χ1n) is 7.61. The lowest BCUT2D eigenvalue weighted by Crippen LogP contribution is -2.57. The van der Waals surface area contributed by atoms with Gasteiger partial charge in [0.2, 0.25) is 0 Å². The van der Waals surface area contributed by atoms with Gasteiger partial charge in [0.1, 0.15) is 5.02 Å². The minimum atomic E-state index is -4.53. The van der Waals surface area contributed by atoms with Crippen molar-refractivity contribution in [1.82, 2.24) is 19.7 Å². The van der Waals surface area contributed by atoms with E-state index in [0.717, 1.165) is 16.8 Å². The molecule has 1 N–H and O–H groups in total. The number of hydrogen-bond donors (Lipinski definition) is 1. The molecule has 1 amide bonds. The van der Waals surface area contributed by atoms with Crippen molar-refractivity contribution in [2.75, 3.05) is 25.5 Å². The van der Waals surface area contributed by atoms with Gasteiger partial charge < -0.3 is 15.0 Å². The molecule has 2 aromatic heterocycles. The molecule has 3 rings (SSSR count). The second kappa shape index (κ2) is 7.06. The number of likely N-dealkylation sites (tertiary alicyclic amines) is 1. The molecular weight excluding hydrogens is 391 g/mol. The molecule has 0 aromatic carbocycles. The average Bonchev–Trinajstić information content (AvgIpc) is 2.60. The zero-order valence-electron chi connectivity index (χ0n) is 13.8. The standard InChI is InChI=1S/C15H13ClF3N5O3/c1-27-14(26)23-6-9(7-23)22-10-5-21-24(13(25)12(10)16)11-3-2-8(4-20-11)15(17,18)19/h2-5,9,22H,6-7H2,1H3. The van der Waals surface area contributed by atoms with Crippen molar-refractivity contribution < 1.29 is 22.7 Å². The van der Waals surface area contributed by atoms with Crippen LogP contribution in [0.4, 0.5) is 23.7 Å². The topological polar surface area (TPSA) is 89.3 Å². The molecule has 1 saturated heterocycles. The highest BCUT2D eigenvalue weighted by Gasteiger charge is 2.32. The van der Waals surface area contributed by atoms with E-state index in [0.29, 0.717) is 19.3 Å². The van der Waals surface area contributed by atoms with Gasteiger partial charge in [-0.1, -0.05) is 11.6 Å². The Morgan fingerprint density at radius 2 is 2.04 bits per heavy atom. The summed E-state index contributed by atoms with van der Waals surface area (Å²) in [5, 5.41) is 6.68. The quantitative estimate of drug-likeness (QED) is 0.844. The van der Waals surface area contributed by atoms with Crippen molar-refractivity contribution in [3.63, 3.8) is 0 Å². The van der Waals surface area contributed by atoms with Crippen molar-refractivity contribution in [3.05, 3.63) is 45.5 Å². The van der Waals surface area contributed by atoms with E-state index in [-0.39, 0.29) is 22.6 Å². The first-order chi connectivity index (χ1) is 12.7. The van der Waals surface area contributed by atoms with Gasteiger partial charge in [-0.2, -0.15) is 23.0 Å². The number of nitrogens with one attached hydrogen (secondary N) is 1. The number of nitrogens with zero attached hydrogens (tertiary/aromatic N) is 4. The van der Waals surface area contributed by atoms with Gasteiger partial charge in [-0.15, -0.1) is 0 Å². The number of alkyl halides is 3. The van der Waals surface area contributed by atoms with E-state index < -0.39 is 23.4 Å². The van der Waals surface area contributed by atoms with Crippen molar-refractivity contribution in [1.29, 1.82) is 0 Å². The number of pyridine rings is 1. The van der Waals surface area contributed by atoms with Crippen LogP contribution >= 0.6 is 11.6 Å². The number of ether oxygens (including phenoxy) is 1. The molecule has 1 fully saturated rings. The van der Waals surface area contributed by atoms with Crippen LogP contribution in [0.2, 0.25) is 5.02 Å². The lowest BCUT2D eigenvalue weighted by molar-refractivity contribution is -0.137. The number of aromatic nitrogens is 3. The maximum absolute atomic E-state index is 12.6. The molecular formula is C15H13ClF3N5O3. The van der Waals surface area contributed by atoms with Gasteiger partial charge in [0.15, 0.2) is 5.82 Å². The van der Waals surface area contributed by atoms with E-state index in [1.54, 1.807) is 0 Å².